The van der Waals surface area contributed by atoms with E-state index < -0.39 is 10.0 Å². The number of pyridine rings is 1. The van der Waals surface area contributed by atoms with Crippen LogP contribution in [0.3, 0.4) is 0 Å². The van der Waals surface area contributed by atoms with Crippen LogP contribution in [0, 0.1) is 13.8 Å². The van der Waals surface area contributed by atoms with Gasteiger partial charge in [0.25, 0.3) is 10.0 Å². The number of aromatic nitrogens is 5. The molecule has 33 heavy (non-hydrogen) atoms. The number of aryl methyl sites for hydroxylation is 2. The number of nitrogens with one attached hydrogen (secondary N) is 1. The van der Waals surface area contributed by atoms with Crippen LogP contribution in [0.2, 0.25) is 0 Å². The maximum Gasteiger partial charge on any atom is 0.262 e. The first kappa shape index (κ1) is 20.8. The van der Waals surface area contributed by atoms with Gasteiger partial charge in [0.2, 0.25) is 5.82 Å². The highest BCUT2D eigenvalue weighted by molar-refractivity contribution is 7.92. The molecular formula is C24H20N6O2S. The van der Waals surface area contributed by atoms with Crippen LogP contribution in [-0.2, 0) is 10.0 Å². The fraction of sp³-hybridized carbons (Fsp3) is 0.0833. The molecule has 0 unspecified atom stereocenters. The molecule has 0 saturated heterocycles. The van der Waals surface area contributed by atoms with E-state index >= 15 is 0 Å². The van der Waals surface area contributed by atoms with E-state index in [9.17, 15) is 8.42 Å². The molecule has 0 spiro atoms. The van der Waals surface area contributed by atoms with E-state index in [4.69, 9.17) is 0 Å². The summed E-state index contributed by atoms with van der Waals surface area (Å²) in [5.74, 6) is 0.527. The third-order valence-electron chi connectivity index (χ3n) is 5.19. The standard InChI is InChI=1S/C24H20N6O2S/c1-16-9-11-22(17(2)14-16)33(31,32)29-19-7-5-6-18(15-19)20-10-12-23-26-27-24(30(23)28-20)21-8-3-4-13-25-21/h3-15,29H,1-2H3. The van der Waals surface area contributed by atoms with Crippen LogP contribution in [0.15, 0.2) is 83.9 Å². The van der Waals surface area contributed by atoms with Crippen molar-refractivity contribution in [2.45, 2.75) is 18.7 Å². The van der Waals surface area contributed by atoms with Crippen LogP contribution in [0.4, 0.5) is 5.69 Å². The van der Waals surface area contributed by atoms with Gasteiger partial charge in [-0.2, -0.15) is 9.61 Å². The van der Waals surface area contributed by atoms with E-state index in [1.165, 1.54) is 0 Å². The van der Waals surface area contributed by atoms with Crippen molar-refractivity contribution in [1.82, 2.24) is 24.8 Å². The predicted octanol–water partition coefficient (Wildman–Crippen LogP) is 4.27. The SMILES string of the molecule is Cc1ccc(S(=O)(=O)Nc2cccc(-c3ccc4nnc(-c5ccccn5)n4n3)c2)c(C)c1. The fourth-order valence-corrected chi connectivity index (χ4v) is 4.93. The van der Waals surface area contributed by atoms with Crippen LogP contribution in [0.1, 0.15) is 11.1 Å². The van der Waals surface area contributed by atoms with Crippen LogP contribution in [0.5, 0.6) is 0 Å². The van der Waals surface area contributed by atoms with Gasteiger partial charge in [0.15, 0.2) is 5.65 Å². The number of hydrogen-bond donors (Lipinski definition) is 1. The molecule has 0 fully saturated rings. The molecular weight excluding hydrogens is 436 g/mol. The Kier molecular flexibility index (Phi) is 5.10. The average molecular weight is 457 g/mol. The van der Waals surface area contributed by atoms with E-state index in [1.54, 1.807) is 48.0 Å². The van der Waals surface area contributed by atoms with Gasteiger partial charge in [0, 0.05) is 17.4 Å². The van der Waals surface area contributed by atoms with Crippen molar-refractivity contribution in [2.75, 3.05) is 4.72 Å². The quantitative estimate of drug-likeness (QED) is 0.424. The largest absolute Gasteiger partial charge is 0.280 e. The smallest absolute Gasteiger partial charge is 0.262 e. The summed E-state index contributed by atoms with van der Waals surface area (Å²) >= 11 is 0. The van der Waals surface area contributed by atoms with E-state index in [2.05, 4.69) is 25.0 Å². The molecule has 0 atom stereocenters. The predicted molar refractivity (Wildman–Crippen MR) is 126 cm³/mol. The third kappa shape index (κ3) is 4.06. The molecule has 8 nitrogen and oxygen atoms in total. The van der Waals surface area contributed by atoms with Gasteiger partial charge in [-0.05, 0) is 61.9 Å². The molecule has 164 valence electrons. The van der Waals surface area contributed by atoms with E-state index in [0.29, 0.717) is 34.1 Å². The summed E-state index contributed by atoms with van der Waals surface area (Å²) in [5.41, 5.74) is 4.79. The summed E-state index contributed by atoms with van der Waals surface area (Å²) < 4.78 is 30.2. The molecule has 1 N–H and O–H groups in total. The number of fused-ring (bicyclic) bond motifs is 1. The minimum atomic E-state index is -3.73. The van der Waals surface area contributed by atoms with Gasteiger partial charge in [0.1, 0.15) is 5.69 Å². The molecule has 3 aromatic heterocycles. The Balaban J connectivity index is 1.50. The van der Waals surface area contributed by atoms with Crippen LogP contribution >= 0.6 is 0 Å². The van der Waals surface area contributed by atoms with Crippen molar-refractivity contribution in [3.8, 4) is 22.8 Å². The Labute approximate surface area is 191 Å². The third-order valence-corrected chi connectivity index (χ3v) is 6.73. The molecule has 5 rings (SSSR count). The van der Waals surface area contributed by atoms with Gasteiger partial charge in [-0.1, -0.05) is 35.9 Å². The Morgan fingerprint density at radius 1 is 0.848 bits per heavy atom. The lowest BCUT2D eigenvalue weighted by Gasteiger charge is -2.12. The van der Waals surface area contributed by atoms with Crippen LogP contribution < -0.4 is 4.72 Å². The Bertz CT molecular complexity index is 1580. The second-order valence-corrected chi connectivity index (χ2v) is 9.33. The van der Waals surface area contributed by atoms with Crippen LogP contribution in [0.25, 0.3) is 28.4 Å². The molecule has 3 heterocycles. The van der Waals surface area contributed by atoms with Gasteiger partial charge in [-0.15, -0.1) is 10.2 Å². The minimum Gasteiger partial charge on any atom is -0.280 e. The number of nitrogens with zero attached hydrogens (tertiary/aromatic N) is 5. The molecule has 0 aliphatic rings. The summed E-state index contributed by atoms with van der Waals surface area (Å²) in [5, 5.41) is 13.0. The first-order chi connectivity index (χ1) is 15.9. The van der Waals surface area contributed by atoms with Crippen molar-refractivity contribution in [3.63, 3.8) is 0 Å². The lowest BCUT2D eigenvalue weighted by atomic mass is 10.1. The summed E-state index contributed by atoms with van der Waals surface area (Å²) in [6, 6.07) is 21.6. The summed E-state index contributed by atoms with van der Waals surface area (Å²) in [6.45, 7) is 3.72. The Morgan fingerprint density at radius 3 is 2.52 bits per heavy atom. The van der Waals surface area contributed by atoms with Gasteiger partial charge >= 0.3 is 0 Å². The zero-order valence-electron chi connectivity index (χ0n) is 18.0. The molecule has 9 heteroatoms. The molecule has 0 saturated carbocycles. The second-order valence-electron chi connectivity index (χ2n) is 7.68. The summed E-state index contributed by atoms with van der Waals surface area (Å²) in [6.07, 6.45) is 1.69. The maximum atomic E-state index is 13.0. The van der Waals surface area contributed by atoms with Crippen molar-refractivity contribution in [2.24, 2.45) is 0 Å². The molecule has 0 amide bonds. The summed E-state index contributed by atoms with van der Waals surface area (Å²) in [4.78, 5) is 4.58. The maximum absolute atomic E-state index is 13.0. The van der Waals surface area contributed by atoms with Crippen molar-refractivity contribution in [3.05, 3.63) is 90.1 Å². The first-order valence-corrected chi connectivity index (χ1v) is 11.7. The molecule has 0 bridgehead atoms. The minimum absolute atomic E-state index is 0.252. The lowest BCUT2D eigenvalue weighted by molar-refractivity contribution is 0.600. The molecule has 0 aliphatic heterocycles. The fourth-order valence-electron chi connectivity index (χ4n) is 3.65. The van der Waals surface area contributed by atoms with Gasteiger partial charge in [0.05, 0.1) is 10.6 Å². The molecule has 5 aromatic rings. The average Bonchev–Trinajstić information content (AvgIpc) is 3.22. The highest BCUT2D eigenvalue weighted by Gasteiger charge is 2.17. The lowest BCUT2D eigenvalue weighted by Crippen LogP contribution is -2.14. The second kappa shape index (κ2) is 8.10. The monoisotopic (exact) mass is 456 g/mol. The number of hydrogen-bond acceptors (Lipinski definition) is 6. The van der Waals surface area contributed by atoms with Gasteiger partial charge in [-0.3, -0.25) is 9.71 Å². The van der Waals surface area contributed by atoms with Crippen molar-refractivity contribution in [1.29, 1.82) is 0 Å². The Hall–Kier alpha value is -4.11. The summed E-state index contributed by atoms with van der Waals surface area (Å²) in [7, 11) is -3.73. The van der Waals surface area contributed by atoms with Gasteiger partial charge < -0.3 is 0 Å². The molecule has 2 aromatic carbocycles. The molecule has 0 aliphatic carbocycles. The number of anilines is 1. The highest BCUT2D eigenvalue weighted by Crippen LogP contribution is 2.25. The Morgan fingerprint density at radius 2 is 1.73 bits per heavy atom. The zero-order valence-corrected chi connectivity index (χ0v) is 18.8. The van der Waals surface area contributed by atoms with Crippen LogP contribution in [-0.4, -0.2) is 33.2 Å². The highest BCUT2D eigenvalue weighted by atomic mass is 32.2. The van der Waals surface area contributed by atoms with Gasteiger partial charge in [-0.25, -0.2) is 8.42 Å². The zero-order chi connectivity index (χ0) is 23.0. The van der Waals surface area contributed by atoms with E-state index in [0.717, 1.165) is 11.1 Å². The number of rotatable bonds is 5. The van der Waals surface area contributed by atoms with E-state index in [1.807, 2.05) is 49.4 Å². The first-order valence-electron chi connectivity index (χ1n) is 10.3. The number of sulfonamides is 1. The van der Waals surface area contributed by atoms with Crippen molar-refractivity contribution < 1.29 is 8.42 Å². The molecule has 0 radical (unpaired) electrons. The number of benzene rings is 2. The van der Waals surface area contributed by atoms with Crippen molar-refractivity contribution >= 4 is 21.4 Å². The topological polar surface area (TPSA) is 102 Å². The normalized spacial score (nSPS) is 11.6. The van der Waals surface area contributed by atoms with E-state index in [-0.39, 0.29) is 4.90 Å².